The lowest BCUT2D eigenvalue weighted by Gasteiger charge is -2.37. The molecular weight excluding hydrogens is 320 g/mol. The van der Waals surface area contributed by atoms with Crippen LogP contribution < -0.4 is 10.2 Å². The Hall–Kier alpha value is -1.74. The van der Waals surface area contributed by atoms with Crippen molar-refractivity contribution in [2.24, 2.45) is 0 Å². The Morgan fingerprint density at radius 1 is 1.50 bits per heavy atom. The molecule has 0 unspecified atom stereocenters. The van der Waals surface area contributed by atoms with Gasteiger partial charge >= 0.3 is 6.03 Å². The number of hydrogen-bond acceptors (Lipinski definition) is 3. The third-order valence-electron chi connectivity index (χ3n) is 4.12. The Kier molecular flexibility index (Phi) is 3.30. The number of amides is 2. The number of halogens is 1. The number of urea groups is 1. The molecule has 3 rings (SSSR count). The van der Waals surface area contributed by atoms with E-state index in [2.05, 4.69) is 32.2 Å². The SMILES string of the molecule is CN1C(=O)N[C@@H]2CN(c3ccc(C#N)cc3Br)CC[C@@H]21. The summed E-state index contributed by atoms with van der Waals surface area (Å²) in [5.74, 6) is 0. The number of benzene rings is 1. The number of carbonyl (C=O) groups is 1. The molecule has 2 atom stereocenters. The van der Waals surface area contributed by atoms with Crippen LogP contribution in [0.1, 0.15) is 12.0 Å². The largest absolute Gasteiger partial charge is 0.368 e. The molecule has 0 aliphatic carbocycles. The molecule has 1 N–H and O–H groups in total. The van der Waals surface area contributed by atoms with Crippen molar-refractivity contribution in [3.8, 4) is 6.07 Å². The fourth-order valence-electron chi connectivity index (χ4n) is 3.01. The minimum atomic E-state index is 0.0146. The van der Waals surface area contributed by atoms with Crippen LogP contribution in [0.4, 0.5) is 10.5 Å². The first kappa shape index (κ1) is 13.3. The highest BCUT2D eigenvalue weighted by Gasteiger charge is 2.40. The van der Waals surface area contributed by atoms with Crippen molar-refractivity contribution < 1.29 is 4.79 Å². The average molecular weight is 335 g/mol. The van der Waals surface area contributed by atoms with Crippen molar-refractivity contribution >= 4 is 27.6 Å². The van der Waals surface area contributed by atoms with Crippen LogP contribution in [0, 0.1) is 11.3 Å². The van der Waals surface area contributed by atoms with Gasteiger partial charge in [-0.2, -0.15) is 5.26 Å². The number of carbonyl (C=O) groups excluding carboxylic acids is 1. The first-order valence-corrected chi connectivity index (χ1v) is 7.37. The summed E-state index contributed by atoms with van der Waals surface area (Å²) in [4.78, 5) is 15.7. The van der Waals surface area contributed by atoms with E-state index in [1.54, 1.807) is 4.90 Å². The maximum atomic E-state index is 11.7. The molecule has 2 aliphatic heterocycles. The van der Waals surface area contributed by atoms with Gasteiger partial charge in [0.25, 0.3) is 0 Å². The lowest BCUT2D eigenvalue weighted by Crippen LogP contribution is -2.51. The van der Waals surface area contributed by atoms with Crippen LogP contribution in [-0.2, 0) is 0 Å². The Balaban J connectivity index is 1.81. The smallest absolute Gasteiger partial charge is 0.317 e. The van der Waals surface area contributed by atoms with Gasteiger partial charge in [-0.25, -0.2) is 4.79 Å². The van der Waals surface area contributed by atoms with Gasteiger partial charge in [0.15, 0.2) is 0 Å². The number of likely N-dealkylation sites (N-methyl/N-ethyl adjacent to an activating group) is 1. The van der Waals surface area contributed by atoms with Crippen molar-refractivity contribution in [1.29, 1.82) is 5.26 Å². The maximum Gasteiger partial charge on any atom is 0.317 e. The first-order chi connectivity index (χ1) is 9.60. The number of rotatable bonds is 1. The summed E-state index contributed by atoms with van der Waals surface area (Å²) in [6.45, 7) is 1.70. The van der Waals surface area contributed by atoms with Crippen LogP contribution >= 0.6 is 15.9 Å². The van der Waals surface area contributed by atoms with E-state index in [0.29, 0.717) is 5.56 Å². The zero-order valence-electron chi connectivity index (χ0n) is 11.1. The van der Waals surface area contributed by atoms with Gasteiger partial charge in [0.2, 0.25) is 0 Å². The third-order valence-corrected chi connectivity index (χ3v) is 4.76. The number of piperidine rings is 1. The second-order valence-electron chi connectivity index (χ2n) is 5.25. The second kappa shape index (κ2) is 4.98. The number of nitrogens with one attached hydrogen (secondary N) is 1. The van der Waals surface area contributed by atoms with Crippen molar-refractivity contribution in [2.45, 2.75) is 18.5 Å². The van der Waals surface area contributed by atoms with Crippen LogP contribution in [-0.4, -0.2) is 43.2 Å². The second-order valence-corrected chi connectivity index (χ2v) is 6.10. The number of anilines is 1. The Bertz CT molecular complexity index is 597. The highest BCUT2D eigenvalue weighted by atomic mass is 79.9. The molecule has 0 bridgehead atoms. The zero-order valence-corrected chi connectivity index (χ0v) is 12.7. The van der Waals surface area contributed by atoms with Gasteiger partial charge in [-0.05, 0) is 40.5 Å². The fraction of sp³-hybridized carbons (Fsp3) is 0.429. The molecule has 0 spiro atoms. The van der Waals surface area contributed by atoms with E-state index in [0.717, 1.165) is 29.7 Å². The minimum absolute atomic E-state index is 0.0146. The number of nitriles is 1. The van der Waals surface area contributed by atoms with Crippen LogP contribution in [0.2, 0.25) is 0 Å². The monoisotopic (exact) mass is 334 g/mol. The molecule has 6 heteroatoms. The molecule has 2 saturated heterocycles. The summed E-state index contributed by atoms with van der Waals surface area (Å²) in [5.41, 5.74) is 1.72. The van der Waals surface area contributed by atoms with E-state index < -0.39 is 0 Å². The minimum Gasteiger partial charge on any atom is -0.368 e. The lowest BCUT2D eigenvalue weighted by molar-refractivity contribution is 0.212. The standard InChI is InChI=1S/C14H15BrN4O/c1-18-13-4-5-19(8-11(13)17-14(18)20)12-3-2-9(7-16)6-10(12)15/h2-3,6,11,13H,4-5,8H2,1H3,(H,17,20)/t11-,13+/m1/s1. The molecule has 2 fully saturated rings. The Labute approximate surface area is 126 Å². The zero-order chi connectivity index (χ0) is 14.3. The van der Waals surface area contributed by atoms with E-state index >= 15 is 0 Å². The molecule has 2 heterocycles. The van der Waals surface area contributed by atoms with Gasteiger partial charge in [-0.3, -0.25) is 0 Å². The normalized spacial score (nSPS) is 25.1. The van der Waals surface area contributed by atoms with Crippen LogP contribution in [0.5, 0.6) is 0 Å². The number of nitrogens with zero attached hydrogens (tertiary/aromatic N) is 3. The van der Waals surface area contributed by atoms with Crippen LogP contribution in [0.3, 0.4) is 0 Å². The van der Waals surface area contributed by atoms with Gasteiger partial charge in [-0.15, -0.1) is 0 Å². The Morgan fingerprint density at radius 3 is 3.00 bits per heavy atom. The molecule has 104 valence electrons. The quantitative estimate of drug-likeness (QED) is 0.853. The predicted octanol–water partition coefficient (Wildman–Crippen LogP) is 1.92. The molecule has 2 aliphatic rings. The molecule has 1 aromatic carbocycles. The van der Waals surface area contributed by atoms with Gasteiger partial charge in [0, 0.05) is 24.6 Å². The summed E-state index contributed by atoms with van der Waals surface area (Å²) < 4.78 is 0.924. The fourth-order valence-corrected chi connectivity index (χ4v) is 3.64. The molecule has 0 saturated carbocycles. The Morgan fingerprint density at radius 2 is 2.30 bits per heavy atom. The van der Waals surface area contributed by atoms with Crippen molar-refractivity contribution in [3.05, 3.63) is 28.2 Å². The van der Waals surface area contributed by atoms with E-state index in [4.69, 9.17) is 5.26 Å². The first-order valence-electron chi connectivity index (χ1n) is 6.58. The third kappa shape index (κ3) is 2.12. The highest BCUT2D eigenvalue weighted by molar-refractivity contribution is 9.10. The highest BCUT2D eigenvalue weighted by Crippen LogP contribution is 2.31. The molecule has 2 amide bonds. The van der Waals surface area contributed by atoms with Crippen molar-refractivity contribution in [2.75, 3.05) is 25.0 Å². The summed E-state index contributed by atoms with van der Waals surface area (Å²) in [5, 5.41) is 11.9. The van der Waals surface area contributed by atoms with Crippen molar-refractivity contribution in [3.63, 3.8) is 0 Å². The average Bonchev–Trinajstić information content (AvgIpc) is 2.73. The molecule has 1 aromatic rings. The molecule has 0 radical (unpaired) electrons. The van der Waals surface area contributed by atoms with Gasteiger partial charge in [0.05, 0.1) is 29.4 Å². The molecule has 0 aromatic heterocycles. The topological polar surface area (TPSA) is 59.4 Å². The lowest BCUT2D eigenvalue weighted by atomic mass is 9.99. The molecular formula is C14H15BrN4O. The van der Waals surface area contributed by atoms with E-state index in [9.17, 15) is 4.79 Å². The van der Waals surface area contributed by atoms with E-state index in [1.165, 1.54) is 0 Å². The number of hydrogen-bond donors (Lipinski definition) is 1. The van der Waals surface area contributed by atoms with Gasteiger partial charge in [-0.1, -0.05) is 0 Å². The van der Waals surface area contributed by atoms with Crippen molar-refractivity contribution in [1.82, 2.24) is 10.2 Å². The summed E-state index contributed by atoms with van der Waals surface area (Å²) >= 11 is 3.53. The van der Waals surface area contributed by atoms with Crippen LogP contribution in [0.15, 0.2) is 22.7 Å². The summed E-state index contributed by atoms with van der Waals surface area (Å²) in [6.07, 6.45) is 0.951. The summed E-state index contributed by atoms with van der Waals surface area (Å²) in [6, 6.07) is 8.23. The van der Waals surface area contributed by atoms with E-state index in [1.807, 2.05) is 25.2 Å². The predicted molar refractivity (Wildman–Crippen MR) is 79.6 cm³/mol. The summed E-state index contributed by atoms with van der Waals surface area (Å²) in [7, 11) is 1.85. The number of fused-ring (bicyclic) bond motifs is 1. The van der Waals surface area contributed by atoms with Gasteiger partial charge in [0.1, 0.15) is 0 Å². The molecule has 20 heavy (non-hydrogen) atoms. The van der Waals surface area contributed by atoms with Gasteiger partial charge < -0.3 is 15.1 Å². The molecule has 5 nitrogen and oxygen atoms in total. The van der Waals surface area contributed by atoms with E-state index in [-0.39, 0.29) is 18.1 Å². The maximum absolute atomic E-state index is 11.7. The van der Waals surface area contributed by atoms with Crippen LogP contribution in [0.25, 0.3) is 0 Å².